The number of imidazole rings is 1. The number of rotatable bonds is 3. The third kappa shape index (κ3) is 2.72. The minimum Gasteiger partial charge on any atom is -0.327 e. The Balaban J connectivity index is 1.34. The van der Waals surface area contributed by atoms with Gasteiger partial charge in [-0.2, -0.15) is 0 Å². The van der Waals surface area contributed by atoms with Crippen molar-refractivity contribution in [2.24, 2.45) is 5.41 Å². The molecule has 0 unspecified atom stereocenters. The summed E-state index contributed by atoms with van der Waals surface area (Å²) in [6, 6.07) is 12.8. The van der Waals surface area contributed by atoms with Gasteiger partial charge in [0.1, 0.15) is 11.6 Å². The smallest absolute Gasteiger partial charge is 0.123 e. The lowest BCUT2D eigenvalue weighted by atomic mass is 9.86. The van der Waals surface area contributed by atoms with Crippen LogP contribution in [-0.2, 0) is 19.5 Å². The maximum Gasteiger partial charge on any atom is 0.123 e. The number of fused-ring (bicyclic) bond motifs is 1. The Morgan fingerprint density at radius 1 is 1.04 bits per heavy atom. The summed E-state index contributed by atoms with van der Waals surface area (Å²) in [6.45, 7) is 4.09. The van der Waals surface area contributed by atoms with Crippen LogP contribution in [0.3, 0.4) is 0 Å². The highest BCUT2D eigenvalue weighted by Gasteiger charge is 2.44. The molecule has 0 N–H and O–H groups in total. The van der Waals surface area contributed by atoms with E-state index in [4.69, 9.17) is 0 Å². The van der Waals surface area contributed by atoms with Gasteiger partial charge in [0, 0.05) is 37.7 Å². The van der Waals surface area contributed by atoms with Crippen LogP contribution in [-0.4, -0.2) is 32.5 Å². The molecular formula is C21H21FN4. The quantitative estimate of drug-likeness (QED) is 0.726. The van der Waals surface area contributed by atoms with E-state index in [0.717, 1.165) is 55.4 Å². The second-order valence-electron chi connectivity index (χ2n) is 7.61. The number of likely N-dealkylation sites (tertiary alicyclic amines) is 1. The SMILES string of the molecule is Fc1ccc(-c2cnc3n2C[C@]2(CCN(Cc4ccccn4)C2)C3)cc1. The lowest BCUT2D eigenvalue weighted by Crippen LogP contribution is -2.28. The van der Waals surface area contributed by atoms with Crippen LogP contribution in [0.25, 0.3) is 11.3 Å². The van der Waals surface area contributed by atoms with E-state index in [0.29, 0.717) is 0 Å². The first-order chi connectivity index (χ1) is 12.7. The molecule has 5 rings (SSSR count). The summed E-state index contributed by atoms with van der Waals surface area (Å²) < 4.78 is 15.6. The number of hydrogen-bond acceptors (Lipinski definition) is 3. The molecule has 1 atom stereocenters. The highest BCUT2D eigenvalue weighted by molar-refractivity contribution is 5.59. The first-order valence-corrected chi connectivity index (χ1v) is 9.13. The van der Waals surface area contributed by atoms with E-state index in [-0.39, 0.29) is 11.2 Å². The number of halogens is 1. The molecule has 4 nitrogen and oxygen atoms in total. The van der Waals surface area contributed by atoms with Gasteiger partial charge in [0.25, 0.3) is 0 Å². The maximum absolute atomic E-state index is 13.2. The molecular weight excluding hydrogens is 327 g/mol. The zero-order valence-electron chi connectivity index (χ0n) is 14.6. The third-order valence-corrected chi connectivity index (χ3v) is 5.73. The van der Waals surface area contributed by atoms with Crippen molar-refractivity contribution in [1.29, 1.82) is 0 Å². The van der Waals surface area contributed by atoms with Gasteiger partial charge in [-0.05, 0) is 54.9 Å². The molecule has 1 saturated heterocycles. The minimum atomic E-state index is -0.202. The van der Waals surface area contributed by atoms with E-state index in [1.54, 1.807) is 0 Å². The summed E-state index contributed by atoms with van der Waals surface area (Å²) in [5.41, 5.74) is 3.53. The van der Waals surface area contributed by atoms with Crippen molar-refractivity contribution in [3.05, 3.63) is 72.2 Å². The zero-order valence-corrected chi connectivity index (χ0v) is 14.6. The van der Waals surface area contributed by atoms with E-state index in [9.17, 15) is 4.39 Å². The second kappa shape index (κ2) is 6.02. The Hall–Kier alpha value is -2.53. The van der Waals surface area contributed by atoms with Crippen molar-refractivity contribution in [2.75, 3.05) is 13.1 Å². The van der Waals surface area contributed by atoms with Gasteiger partial charge < -0.3 is 4.57 Å². The van der Waals surface area contributed by atoms with Crippen molar-refractivity contribution >= 4 is 0 Å². The Morgan fingerprint density at radius 2 is 1.92 bits per heavy atom. The van der Waals surface area contributed by atoms with Gasteiger partial charge in [-0.25, -0.2) is 9.37 Å². The summed E-state index contributed by atoms with van der Waals surface area (Å²) in [6.07, 6.45) is 6.00. The van der Waals surface area contributed by atoms with Gasteiger partial charge in [-0.3, -0.25) is 9.88 Å². The molecule has 132 valence electrons. The number of hydrogen-bond donors (Lipinski definition) is 0. The Kier molecular flexibility index (Phi) is 3.64. The molecule has 1 aromatic carbocycles. The summed E-state index contributed by atoms with van der Waals surface area (Å²) in [7, 11) is 0. The Morgan fingerprint density at radius 3 is 2.73 bits per heavy atom. The van der Waals surface area contributed by atoms with Crippen LogP contribution < -0.4 is 0 Å². The molecule has 1 fully saturated rings. The fraction of sp³-hybridized carbons (Fsp3) is 0.333. The molecule has 0 bridgehead atoms. The lowest BCUT2D eigenvalue weighted by molar-refractivity contribution is 0.245. The molecule has 0 radical (unpaired) electrons. The van der Waals surface area contributed by atoms with Gasteiger partial charge in [0.05, 0.1) is 17.6 Å². The van der Waals surface area contributed by atoms with Crippen LogP contribution >= 0.6 is 0 Å². The largest absolute Gasteiger partial charge is 0.327 e. The fourth-order valence-electron chi connectivity index (χ4n) is 4.47. The van der Waals surface area contributed by atoms with Gasteiger partial charge in [0.15, 0.2) is 0 Å². The van der Waals surface area contributed by atoms with E-state index >= 15 is 0 Å². The highest BCUT2D eigenvalue weighted by atomic mass is 19.1. The highest BCUT2D eigenvalue weighted by Crippen LogP contribution is 2.42. The number of pyridine rings is 1. The van der Waals surface area contributed by atoms with Crippen LogP contribution in [0.1, 0.15) is 17.9 Å². The summed E-state index contributed by atoms with van der Waals surface area (Å²) >= 11 is 0. The van der Waals surface area contributed by atoms with Crippen molar-refractivity contribution in [3.8, 4) is 11.3 Å². The van der Waals surface area contributed by atoms with Crippen molar-refractivity contribution in [2.45, 2.75) is 25.9 Å². The van der Waals surface area contributed by atoms with Crippen LogP contribution in [0, 0.1) is 11.2 Å². The average molecular weight is 348 g/mol. The standard InChI is InChI=1S/C21H21FN4/c22-17-6-4-16(5-7-17)19-12-24-20-11-21(15-26(19)20)8-10-25(14-21)13-18-3-1-2-9-23-18/h1-7,9,12H,8,10-11,13-15H2/t21-/m1/s1. The average Bonchev–Trinajstić information content (AvgIpc) is 3.32. The molecule has 2 aromatic heterocycles. The zero-order chi connectivity index (χ0) is 17.6. The van der Waals surface area contributed by atoms with E-state index in [2.05, 4.69) is 25.5 Å². The molecule has 1 spiro atoms. The topological polar surface area (TPSA) is 34.0 Å². The van der Waals surface area contributed by atoms with Crippen molar-refractivity contribution < 1.29 is 4.39 Å². The van der Waals surface area contributed by atoms with Gasteiger partial charge in [-0.1, -0.05) is 6.07 Å². The maximum atomic E-state index is 13.2. The molecule has 3 aromatic rings. The molecule has 0 aliphatic carbocycles. The summed E-state index contributed by atoms with van der Waals surface area (Å²) in [5.74, 6) is 0.955. The predicted molar refractivity (Wildman–Crippen MR) is 97.9 cm³/mol. The molecule has 0 amide bonds. The van der Waals surface area contributed by atoms with Gasteiger partial charge >= 0.3 is 0 Å². The minimum absolute atomic E-state index is 0.202. The Bertz CT molecular complexity index is 919. The second-order valence-corrected chi connectivity index (χ2v) is 7.61. The lowest BCUT2D eigenvalue weighted by Gasteiger charge is -2.23. The first-order valence-electron chi connectivity index (χ1n) is 9.13. The molecule has 2 aliphatic rings. The summed E-state index contributed by atoms with van der Waals surface area (Å²) in [5, 5.41) is 0. The molecule has 4 heterocycles. The summed E-state index contributed by atoms with van der Waals surface area (Å²) in [4.78, 5) is 11.6. The van der Waals surface area contributed by atoms with Crippen molar-refractivity contribution in [1.82, 2.24) is 19.4 Å². The third-order valence-electron chi connectivity index (χ3n) is 5.73. The fourth-order valence-corrected chi connectivity index (χ4v) is 4.47. The van der Waals surface area contributed by atoms with Crippen LogP contribution in [0.4, 0.5) is 4.39 Å². The first kappa shape index (κ1) is 15.7. The molecule has 5 heteroatoms. The number of nitrogens with zero attached hydrogens (tertiary/aromatic N) is 4. The van der Waals surface area contributed by atoms with Crippen LogP contribution in [0.5, 0.6) is 0 Å². The molecule has 0 saturated carbocycles. The monoisotopic (exact) mass is 348 g/mol. The van der Waals surface area contributed by atoms with Crippen molar-refractivity contribution in [3.63, 3.8) is 0 Å². The normalized spacial score (nSPS) is 22.2. The molecule has 2 aliphatic heterocycles. The van der Waals surface area contributed by atoms with E-state index in [1.165, 1.54) is 18.6 Å². The molecule has 26 heavy (non-hydrogen) atoms. The Labute approximate surface area is 152 Å². The van der Waals surface area contributed by atoms with Crippen LogP contribution in [0.15, 0.2) is 54.9 Å². The number of benzene rings is 1. The van der Waals surface area contributed by atoms with Crippen LogP contribution in [0.2, 0.25) is 0 Å². The van der Waals surface area contributed by atoms with E-state index in [1.807, 2.05) is 36.7 Å². The van der Waals surface area contributed by atoms with Gasteiger partial charge in [-0.15, -0.1) is 0 Å². The van der Waals surface area contributed by atoms with E-state index < -0.39 is 0 Å². The predicted octanol–water partition coefficient (Wildman–Crippen LogP) is 3.53. The number of aromatic nitrogens is 3. The van der Waals surface area contributed by atoms with Gasteiger partial charge in [0.2, 0.25) is 0 Å².